The predicted molar refractivity (Wildman–Crippen MR) is 125 cm³/mol. The number of benzene rings is 1. The van der Waals surface area contributed by atoms with E-state index in [1.165, 1.54) is 24.3 Å². The molecule has 13 heteroatoms. The van der Waals surface area contributed by atoms with E-state index in [9.17, 15) is 18.0 Å². The zero-order chi connectivity index (χ0) is 25.3. The van der Waals surface area contributed by atoms with Crippen molar-refractivity contribution in [3.63, 3.8) is 0 Å². The number of nitrogens with one attached hydrogen (secondary N) is 2. The van der Waals surface area contributed by atoms with E-state index in [4.69, 9.17) is 4.98 Å². The molecule has 0 spiro atoms. The number of rotatable bonds is 6. The van der Waals surface area contributed by atoms with Gasteiger partial charge in [-0.25, -0.2) is 4.52 Å². The van der Waals surface area contributed by atoms with Crippen molar-refractivity contribution in [3.05, 3.63) is 59.9 Å². The Hall–Kier alpha value is -4.29. The maximum Gasteiger partial charge on any atom is 0.573 e. The first-order valence-corrected chi connectivity index (χ1v) is 11.3. The van der Waals surface area contributed by atoms with Gasteiger partial charge in [-0.3, -0.25) is 9.89 Å². The van der Waals surface area contributed by atoms with Crippen LogP contribution in [0.2, 0.25) is 0 Å². The van der Waals surface area contributed by atoms with Crippen LogP contribution >= 0.6 is 0 Å². The molecule has 0 saturated carbocycles. The standard InChI is InChI=1S/C23H23F3N8O2/c1-15-13-19(30-29-15)27-21-18-3-2-8-34(18)31-22(28-21)33-11-9-32(10-12-33)20(35)14-16-4-6-17(7-5-16)36-23(24,25)26/h2-8,13H,9-12,14H2,1H3,(H2,27,28,29,30,31). The van der Waals surface area contributed by atoms with Gasteiger partial charge in [0.15, 0.2) is 11.6 Å². The van der Waals surface area contributed by atoms with E-state index in [0.717, 1.165) is 11.2 Å². The topological polar surface area (TPSA) is 104 Å². The Kier molecular flexibility index (Phi) is 6.12. The van der Waals surface area contributed by atoms with Crippen molar-refractivity contribution < 1.29 is 22.7 Å². The summed E-state index contributed by atoms with van der Waals surface area (Å²) in [5.74, 6) is 1.38. The molecule has 10 nitrogen and oxygen atoms in total. The van der Waals surface area contributed by atoms with E-state index in [2.05, 4.69) is 25.3 Å². The normalized spacial score (nSPS) is 14.3. The highest BCUT2D eigenvalue weighted by molar-refractivity contribution is 5.79. The average molecular weight is 500 g/mol. The third kappa shape index (κ3) is 5.34. The molecule has 5 rings (SSSR count). The highest BCUT2D eigenvalue weighted by atomic mass is 19.4. The van der Waals surface area contributed by atoms with Crippen LogP contribution in [0.5, 0.6) is 5.75 Å². The molecule has 188 valence electrons. The summed E-state index contributed by atoms with van der Waals surface area (Å²) in [7, 11) is 0. The number of aromatic nitrogens is 5. The van der Waals surface area contributed by atoms with Crippen LogP contribution in [0.15, 0.2) is 48.7 Å². The molecule has 1 amide bonds. The van der Waals surface area contributed by atoms with E-state index in [1.54, 1.807) is 9.42 Å². The van der Waals surface area contributed by atoms with Gasteiger partial charge in [0.25, 0.3) is 0 Å². The second-order valence-electron chi connectivity index (χ2n) is 8.40. The van der Waals surface area contributed by atoms with Crippen LogP contribution in [0, 0.1) is 6.92 Å². The molecule has 0 unspecified atom stereocenters. The number of alkyl halides is 3. The van der Waals surface area contributed by atoms with Crippen molar-refractivity contribution >= 4 is 29.0 Å². The van der Waals surface area contributed by atoms with E-state index < -0.39 is 6.36 Å². The summed E-state index contributed by atoms with van der Waals surface area (Å²) in [6.07, 6.45) is -2.82. The van der Waals surface area contributed by atoms with Gasteiger partial charge >= 0.3 is 6.36 Å². The number of halogens is 3. The van der Waals surface area contributed by atoms with E-state index in [1.807, 2.05) is 36.2 Å². The Morgan fingerprint density at radius 1 is 1.14 bits per heavy atom. The molecule has 4 aromatic rings. The zero-order valence-electron chi connectivity index (χ0n) is 19.3. The number of hydrogen-bond acceptors (Lipinski definition) is 7. The first kappa shape index (κ1) is 23.5. The number of H-pyrrole nitrogens is 1. The molecule has 3 aromatic heterocycles. The Morgan fingerprint density at radius 3 is 2.56 bits per heavy atom. The van der Waals surface area contributed by atoms with Crippen LogP contribution in [-0.2, 0) is 11.2 Å². The number of fused-ring (bicyclic) bond motifs is 1. The van der Waals surface area contributed by atoms with Gasteiger partial charge in [-0.05, 0) is 36.8 Å². The Labute approximate surface area is 203 Å². The number of carbonyl (C=O) groups excluding carboxylic acids is 1. The van der Waals surface area contributed by atoms with E-state index in [-0.39, 0.29) is 18.1 Å². The van der Waals surface area contributed by atoms with Crippen molar-refractivity contribution in [2.24, 2.45) is 0 Å². The van der Waals surface area contributed by atoms with Crippen LogP contribution in [0.4, 0.5) is 30.8 Å². The maximum atomic E-state index is 12.8. The molecule has 36 heavy (non-hydrogen) atoms. The Bertz CT molecular complexity index is 1360. The van der Waals surface area contributed by atoms with Gasteiger partial charge in [0, 0.05) is 44.1 Å². The lowest BCUT2D eigenvalue weighted by molar-refractivity contribution is -0.274. The van der Waals surface area contributed by atoms with Gasteiger partial charge < -0.3 is 19.9 Å². The summed E-state index contributed by atoms with van der Waals surface area (Å²) < 4.78 is 42.6. The summed E-state index contributed by atoms with van der Waals surface area (Å²) in [6.45, 7) is 3.94. The molecule has 0 aliphatic carbocycles. The molecule has 1 saturated heterocycles. The summed E-state index contributed by atoms with van der Waals surface area (Å²) in [4.78, 5) is 21.2. The predicted octanol–water partition coefficient (Wildman–Crippen LogP) is 3.29. The first-order chi connectivity index (χ1) is 17.2. The molecule has 0 atom stereocenters. The number of aromatic amines is 1. The van der Waals surface area contributed by atoms with Gasteiger partial charge in [0.2, 0.25) is 11.9 Å². The van der Waals surface area contributed by atoms with Gasteiger partial charge in [-0.2, -0.15) is 10.1 Å². The average Bonchev–Trinajstić information content (AvgIpc) is 3.48. The second kappa shape index (κ2) is 9.40. The smallest absolute Gasteiger partial charge is 0.406 e. The number of piperazine rings is 1. The molecule has 0 bridgehead atoms. The van der Waals surface area contributed by atoms with Crippen molar-refractivity contribution in [1.82, 2.24) is 29.7 Å². The number of aryl methyl sites for hydroxylation is 1. The van der Waals surface area contributed by atoms with Gasteiger partial charge in [0.1, 0.15) is 11.3 Å². The Balaban J connectivity index is 1.22. The van der Waals surface area contributed by atoms with Crippen LogP contribution in [-0.4, -0.2) is 68.1 Å². The molecule has 1 aromatic carbocycles. The van der Waals surface area contributed by atoms with Crippen molar-refractivity contribution in [3.8, 4) is 5.75 Å². The summed E-state index contributed by atoms with van der Waals surface area (Å²) in [5, 5.41) is 14.9. The minimum Gasteiger partial charge on any atom is -0.406 e. The largest absolute Gasteiger partial charge is 0.573 e. The number of ether oxygens (including phenoxy) is 1. The lowest BCUT2D eigenvalue weighted by Gasteiger charge is -2.34. The van der Waals surface area contributed by atoms with Crippen LogP contribution in [0.25, 0.3) is 5.52 Å². The number of anilines is 3. The third-order valence-corrected chi connectivity index (χ3v) is 5.76. The van der Waals surface area contributed by atoms with Crippen molar-refractivity contribution in [2.45, 2.75) is 19.7 Å². The fourth-order valence-corrected chi connectivity index (χ4v) is 4.00. The molecule has 4 heterocycles. The van der Waals surface area contributed by atoms with Gasteiger partial charge in [-0.1, -0.05) is 12.1 Å². The molecule has 1 aliphatic heterocycles. The van der Waals surface area contributed by atoms with Crippen molar-refractivity contribution in [1.29, 1.82) is 0 Å². The lowest BCUT2D eigenvalue weighted by atomic mass is 10.1. The quantitative estimate of drug-likeness (QED) is 0.419. The highest BCUT2D eigenvalue weighted by Gasteiger charge is 2.31. The van der Waals surface area contributed by atoms with Gasteiger partial charge in [0.05, 0.1) is 6.42 Å². The summed E-state index contributed by atoms with van der Waals surface area (Å²) in [6, 6.07) is 11.0. The molecular formula is C23H23F3N8O2. The first-order valence-electron chi connectivity index (χ1n) is 11.3. The fourth-order valence-electron chi connectivity index (χ4n) is 4.00. The number of amides is 1. The highest BCUT2D eigenvalue weighted by Crippen LogP contribution is 2.24. The lowest BCUT2D eigenvalue weighted by Crippen LogP contribution is -2.49. The SMILES string of the molecule is Cc1cc(Nc2nc(N3CCN(C(=O)Cc4ccc(OC(F)(F)F)cc4)CC3)nn3cccc23)n[nH]1. The number of hydrogen-bond donors (Lipinski definition) is 2. The minimum atomic E-state index is -4.75. The van der Waals surface area contributed by atoms with Crippen LogP contribution in [0.1, 0.15) is 11.3 Å². The van der Waals surface area contributed by atoms with Crippen LogP contribution in [0.3, 0.4) is 0 Å². The minimum absolute atomic E-state index is 0.0925. The number of carbonyl (C=O) groups is 1. The van der Waals surface area contributed by atoms with Crippen molar-refractivity contribution in [2.75, 3.05) is 36.4 Å². The van der Waals surface area contributed by atoms with Gasteiger partial charge in [-0.15, -0.1) is 18.3 Å². The van der Waals surface area contributed by atoms with E-state index >= 15 is 0 Å². The molecule has 1 fully saturated rings. The molecule has 2 N–H and O–H groups in total. The molecule has 1 aliphatic rings. The fraction of sp³-hybridized carbons (Fsp3) is 0.304. The summed E-state index contributed by atoms with van der Waals surface area (Å²) >= 11 is 0. The van der Waals surface area contributed by atoms with Crippen LogP contribution < -0.4 is 15.0 Å². The maximum absolute atomic E-state index is 12.8. The zero-order valence-corrected chi connectivity index (χ0v) is 19.3. The summed E-state index contributed by atoms with van der Waals surface area (Å²) in [5.41, 5.74) is 2.34. The monoisotopic (exact) mass is 500 g/mol. The third-order valence-electron chi connectivity index (χ3n) is 5.76. The molecular weight excluding hydrogens is 477 g/mol. The number of nitrogens with zero attached hydrogens (tertiary/aromatic N) is 6. The second-order valence-corrected chi connectivity index (χ2v) is 8.40. The molecule has 0 radical (unpaired) electrons. The van der Waals surface area contributed by atoms with E-state index in [0.29, 0.717) is 49.3 Å². The Morgan fingerprint density at radius 2 is 1.89 bits per heavy atom.